The fourth-order valence-corrected chi connectivity index (χ4v) is 4.49. The van der Waals surface area contributed by atoms with Crippen molar-refractivity contribution in [2.75, 3.05) is 12.1 Å². The normalized spacial score (nSPS) is 16.7. The molecule has 1 N–H and O–H groups in total. The Kier molecular flexibility index (Phi) is 6.33. The monoisotopic (exact) mass is 491 g/mol. The molecule has 3 aromatic carbocycles. The summed E-state index contributed by atoms with van der Waals surface area (Å²) in [7, 11) is 0. The highest BCUT2D eigenvalue weighted by molar-refractivity contribution is 7.80. The van der Waals surface area contributed by atoms with E-state index in [4.69, 9.17) is 21.7 Å². The molecule has 2 amide bonds. The Morgan fingerprint density at radius 3 is 2.49 bits per heavy atom. The maximum atomic E-state index is 13.5. The molecule has 7 nitrogen and oxygen atoms in total. The highest BCUT2D eigenvalue weighted by Gasteiger charge is 2.43. The lowest BCUT2D eigenvalue weighted by Gasteiger charge is -2.24. The molecule has 2 heterocycles. The summed E-state index contributed by atoms with van der Waals surface area (Å²) in [6.45, 7) is 0.795. The summed E-state index contributed by atoms with van der Waals surface area (Å²) in [5.41, 5.74) is 2.26. The minimum absolute atomic E-state index is 0.105. The third kappa shape index (κ3) is 4.95. The number of nitrogens with one attached hydrogen (secondary N) is 1. The quantitative estimate of drug-likeness (QED) is 0.503. The van der Waals surface area contributed by atoms with E-state index in [-0.39, 0.29) is 25.0 Å². The van der Waals surface area contributed by atoms with Crippen LogP contribution >= 0.6 is 12.2 Å². The van der Waals surface area contributed by atoms with Gasteiger partial charge in [-0.3, -0.25) is 14.5 Å². The first-order valence-corrected chi connectivity index (χ1v) is 11.5. The lowest BCUT2D eigenvalue weighted by atomic mass is 10.1. The van der Waals surface area contributed by atoms with Crippen molar-refractivity contribution in [2.24, 2.45) is 0 Å². The van der Waals surface area contributed by atoms with Gasteiger partial charge in [-0.1, -0.05) is 36.4 Å². The molecule has 0 radical (unpaired) electrons. The van der Waals surface area contributed by atoms with Gasteiger partial charge in [0.15, 0.2) is 16.6 Å². The van der Waals surface area contributed by atoms with E-state index in [2.05, 4.69) is 5.32 Å². The average Bonchev–Trinajstić information content (AvgIpc) is 3.41. The fourth-order valence-electron chi connectivity index (χ4n) is 4.14. The summed E-state index contributed by atoms with van der Waals surface area (Å²) in [5.74, 6) is 0.287. The SMILES string of the molecule is O=C(C[C@@H]1C(=O)N(Cc2ccccc2)C(=S)N1Cc1ccc2c(c1)OCO2)Nc1ccc(F)cc1. The smallest absolute Gasteiger partial charge is 0.252 e. The molecule has 1 fully saturated rings. The van der Waals surface area contributed by atoms with Crippen molar-refractivity contribution in [1.29, 1.82) is 0 Å². The average molecular weight is 492 g/mol. The summed E-state index contributed by atoms with van der Waals surface area (Å²) < 4.78 is 24.1. The van der Waals surface area contributed by atoms with Crippen LogP contribution in [0.3, 0.4) is 0 Å². The van der Waals surface area contributed by atoms with Gasteiger partial charge in [-0.25, -0.2) is 4.39 Å². The number of ether oxygens (including phenoxy) is 2. The Balaban J connectivity index is 1.37. The van der Waals surface area contributed by atoms with Crippen LogP contribution in [0, 0.1) is 5.82 Å². The summed E-state index contributed by atoms with van der Waals surface area (Å²) in [6, 6.07) is 19.8. The number of fused-ring (bicyclic) bond motifs is 1. The molecule has 5 rings (SSSR count). The zero-order valence-corrected chi connectivity index (χ0v) is 19.5. The van der Waals surface area contributed by atoms with E-state index in [9.17, 15) is 14.0 Å². The zero-order valence-electron chi connectivity index (χ0n) is 18.6. The molecule has 2 aliphatic rings. The predicted octanol–water partition coefficient (Wildman–Crippen LogP) is 4.08. The minimum Gasteiger partial charge on any atom is -0.454 e. The number of carbonyl (C=O) groups excluding carboxylic acids is 2. The van der Waals surface area contributed by atoms with Gasteiger partial charge >= 0.3 is 0 Å². The second-order valence-corrected chi connectivity index (χ2v) is 8.65. The van der Waals surface area contributed by atoms with Gasteiger partial charge in [0, 0.05) is 12.2 Å². The van der Waals surface area contributed by atoms with Crippen molar-refractivity contribution in [3.63, 3.8) is 0 Å². The number of amides is 2. The Morgan fingerprint density at radius 1 is 0.971 bits per heavy atom. The van der Waals surface area contributed by atoms with Gasteiger partial charge in [0.05, 0.1) is 13.0 Å². The molecule has 1 saturated heterocycles. The van der Waals surface area contributed by atoms with Crippen LogP contribution in [0.4, 0.5) is 10.1 Å². The molecule has 35 heavy (non-hydrogen) atoms. The molecule has 2 aliphatic heterocycles. The Bertz CT molecular complexity index is 1270. The molecular weight excluding hydrogens is 469 g/mol. The van der Waals surface area contributed by atoms with Crippen molar-refractivity contribution in [2.45, 2.75) is 25.6 Å². The van der Waals surface area contributed by atoms with Crippen molar-refractivity contribution in [3.05, 3.63) is 89.7 Å². The topological polar surface area (TPSA) is 71.1 Å². The lowest BCUT2D eigenvalue weighted by molar-refractivity contribution is -0.131. The van der Waals surface area contributed by atoms with Gasteiger partial charge in [0.25, 0.3) is 5.91 Å². The Hall–Kier alpha value is -3.98. The molecule has 0 saturated carbocycles. The van der Waals surface area contributed by atoms with Crippen LogP contribution in [0.5, 0.6) is 11.5 Å². The third-order valence-corrected chi connectivity index (χ3v) is 6.34. The van der Waals surface area contributed by atoms with E-state index in [1.807, 2.05) is 48.5 Å². The molecule has 9 heteroatoms. The highest BCUT2D eigenvalue weighted by atomic mass is 32.1. The molecule has 0 aliphatic carbocycles. The zero-order chi connectivity index (χ0) is 24.4. The molecule has 0 spiro atoms. The number of hydrogen-bond acceptors (Lipinski definition) is 5. The van der Waals surface area contributed by atoms with Gasteiger partial charge in [-0.15, -0.1) is 0 Å². The van der Waals surface area contributed by atoms with Crippen LogP contribution in [0.15, 0.2) is 72.8 Å². The van der Waals surface area contributed by atoms with Crippen LogP contribution in [0.2, 0.25) is 0 Å². The summed E-state index contributed by atoms with van der Waals surface area (Å²) in [6.07, 6.45) is -0.105. The first-order chi connectivity index (χ1) is 17.0. The van der Waals surface area contributed by atoms with Crippen molar-refractivity contribution in [1.82, 2.24) is 9.80 Å². The van der Waals surface area contributed by atoms with Crippen molar-refractivity contribution < 1.29 is 23.5 Å². The summed E-state index contributed by atoms with van der Waals surface area (Å²) in [5, 5.41) is 3.09. The van der Waals surface area contributed by atoms with Crippen LogP contribution in [0.25, 0.3) is 0 Å². The number of carbonyl (C=O) groups is 2. The molecule has 178 valence electrons. The largest absolute Gasteiger partial charge is 0.454 e. The first kappa shape index (κ1) is 22.8. The predicted molar refractivity (Wildman–Crippen MR) is 131 cm³/mol. The van der Waals surface area contributed by atoms with Crippen LogP contribution in [-0.4, -0.2) is 39.6 Å². The van der Waals surface area contributed by atoms with Crippen LogP contribution < -0.4 is 14.8 Å². The van der Waals surface area contributed by atoms with Crippen LogP contribution in [-0.2, 0) is 22.7 Å². The molecular formula is C26H22FN3O4S. The molecule has 0 aromatic heterocycles. The van der Waals surface area contributed by atoms with E-state index in [0.29, 0.717) is 35.4 Å². The highest BCUT2D eigenvalue weighted by Crippen LogP contribution is 2.34. The third-order valence-electron chi connectivity index (χ3n) is 5.88. The number of halogens is 1. The number of anilines is 1. The van der Waals surface area contributed by atoms with E-state index < -0.39 is 11.9 Å². The van der Waals surface area contributed by atoms with Crippen LogP contribution in [0.1, 0.15) is 17.5 Å². The maximum Gasteiger partial charge on any atom is 0.252 e. The van der Waals surface area contributed by atoms with Crippen molar-refractivity contribution >= 4 is 34.8 Å². The van der Waals surface area contributed by atoms with Gasteiger partial charge in [0.2, 0.25) is 12.7 Å². The number of hydrogen-bond donors (Lipinski definition) is 1. The van der Waals surface area contributed by atoms with E-state index in [1.165, 1.54) is 29.2 Å². The van der Waals surface area contributed by atoms with Gasteiger partial charge in [-0.05, 0) is 59.7 Å². The fraction of sp³-hybridized carbons (Fsp3) is 0.192. The standard InChI is InChI=1S/C26H22FN3O4S/c27-19-7-9-20(10-8-19)28-24(31)13-21-25(32)30(14-17-4-2-1-3-5-17)26(35)29(21)15-18-6-11-22-23(12-18)34-16-33-22/h1-12,21H,13-16H2,(H,28,31)/t21-/m1/s1. The molecule has 0 bridgehead atoms. The number of rotatable bonds is 7. The summed E-state index contributed by atoms with van der Waals surface area (Å²) in [4.78, 5) is 29.6. The van der Waals surface area contributed by atoms with Gasteiger partial charge < -0.3 is 19.7 Å². The summed E-state index contributed by atoms with van der Waals surface area (Å²) >= 11 is 5.71. The second kappa shape index (κ2) is 9.71. The second-order valence-electron chi connectivity index (χ2n) is 8.28. The van der Waals surface area contributed by atoms with E-state index >= 15 is 0 Å². The maximum absolute atomic E-state index is 13.5. The molecule has 1 atom stereocenters. The number of thiocarbonyl (C=S) groups is 1. The Morgan fingerprint density at radius 2 is 1.71 bits per heavy atom. The lowest BCUT2D eigenvalue weighted by Crippen LogP contribution is -2.37. The van der Waals surface area contributed by atoms with E-state index in [0.717, 1.165) is 11.1 Å². The number of benzene rings is 3. The van der Waals surface area contributed by atoms with Gasteiger partial charge in [-0.2, -0.15) is 0 Å². The number of nitrogens with zero attached hydrogens (tertiary/aromatic N) is 2. The molecule has 3 aromatic rings. The minimum atomic E-state index is -0.780. The Labute approximate surface area is 207 Å². The first-order valence-electron chi connectivity index (χ1n) is 11.1. The van der Waals surface area contributed by atoms with Gasteiger partial charge in [0.1, 0.15) is 11.9 Å². The molecule has 0 unspecified atom stereocenters. The van der Waals surface area contributed by atoms with E-state index in [1.54, 1.807) is 4.90 Å². The van der Waals surface area contributed by atoms with Crippen molar-refractivity contribution in [3.8, 4) is 11.5 Å².